The summed E-state index contributed by atoms with van der Waals surface area (Å²) < 4.78 is 6.84. The number of benzene rings is 4. The van der Waals surface area contributed by atoms with Gasteiger partial charge in [0.25, 0.3) is 0 Å². The van der Waals surface area contributed by atoms with Crippen LogP contribution in [0.15, 0.2) is 207 Å². The van der Waals surface area contributed by atoms with E-state index in [0.717, 1.165) is 0 Å². The maximum absolute atomic E-state index is 2.46. The van der Waals surface area contributed by atoms with Crippen molar-refractivity contribution in [2.24, 2.45) is 0 Å². The minimum Gasteiger partial charge on any atom is -0.0867 e. The topological polar surface area (TPSA) is 0 Å². The van der Waals surface area contributed by atoms with Gasteiger partial charge in [0.05, 0.1) is 16.9 Å². The molecule has 1 aliphatic carbocycles. The molecule has 0 nitrogen and oxygen atoms in total. The molecule has 0 radical (unpaired) electrons. The maximum atomic E-state index is 2.46. The normalized spacial score (nSPS) is 19.3. The van der Waals surface area contributed by atoms with Crippen molar-refractivity contribution in [3.8, 4) is 0 Å². The fraction of sp³-hybridized carbons (Fsp3) is 0.0500. The predicted octanol–water partition coefficient (Wildman–Crippen LogP) is 15.9. The van der Waals surface area contributed by atoms with Gasteiger partial charge in [-0.25, -0.2) is 0 Å². The van der Waals surface area contributed by atoms with Crippen molar-refractivity contribution in [2.75, 3.05) is 0 Å². The Balaban J connectivity index is 1.27. The number of hydrogen-bond donors (Lipinski definition) is 0. The van der Waals surface area contributed by atoms with Gasteiger partial charge >= 0.3 is 0 Å². The van der Waals surface area contributed by atoms with E-state index in [1.807, 2.05) is 118 Å². The third-order valence-electron chi connectivity index (χ3n) is 8.51. The summed E-state index contributed by atoms with van der Waals surface area (Å²) in [5.74, 6) is 0. The molecule has 4 aromatic rings. The number of thioether (sulfide) groups is 10. The van der Waals surface area contributed by atoms with Crippen molar-refractivity contribution < 1.29 is 0 Å². The van der Waals surface area contributed by atoms with Crippen molar-refractivity contribution in [1.82, 2.24) is 0 Å². The third-order valence-corrected chi connectivity index (χ3v) is 21.3. The Morgan fingerprint density at radius 3 is 0.860 bits per heavy atom. The molecule has 0 amide bonds. The first kappa shape index (κ1) is 33.2. The van der Waals surface area contributed by atoms with Crippen LogP contribution in [0.2, 0.25) is 0 Å². The summed E-state index contributed by atoms with van der Waals surface area (Å²) in [4.78, 5) is 13.6. The molecule has 0 atom stereocenters. The van der Waals surface area contributed by atoms with E-state index in [9.17, 15) is 0 Å². The zero-order chi connectivity index (χ0) is 33.3. The highest BCUT2D eigenvalue weighted by Crippen LogP contribution is 2.68. The molecular formula is C40H24S10. The smallest absolute Gasteiger partial charge is 0.0585 e. The molecule has 1 saturated carbocycles. The van der Waals surface area contributed by atoms with Gasteiger partial charge in [-0.3, -0.25) is 0 Å². The van der Waals surface area contributed by atoms with E-state index in [-0.39, 0.29) is 0 Å². The van der Waals surface area contributed by atoms with Gasteiger partial charge < -0.3 is 0 Å². The summed E-state index contributed by atoms with van der Waals surface area (Å²) in [5.41, 5.74) is 6.88. The molecule has 1 fully saturated rings. The van der Waals surface area contributed by atoms with Crippen LogP contribution in [-0.4, -0.2) is 0 Å². The molecule has 4 aromatic carbocycles. The van der Waals surface area contributed by atoms with Gasteiger partial charge in [-0.2, -0.15) is 0 Å². The first-order chi connectivity index (χ1) is 24.6. The van der Waals surface area contributed by atoms with E-state index < -0.39 is 0 Å². The molecule has 5 aliphatic heterocycles. The highest BCUT2D eigenvalue weighted by molar-refractivity contribution is 8.28. The Morgan fingerprint density at radius 1 is 0.320 bits per heavy atom. The number of rotatable bonds is 1. The second-order valence-corrected chi connectivity index (χ2v) is 23.9. The summed E-state index contributed by atoms with van der Waals surface area (Å²) in [6, 6.07) is 35.7. The summed E-state index contributed by atoms with van der Waals surface area (Å²) in [6.45, 7) is 4.49. The molecule has 0 N–H and O–H groups in total. The Morgan fingerprint density at radius 2 is 0.580 bits per heavy atom. The van der Waals surface area contributed by atoms with Gasteiger partial charge in [-0.1, -0.05) is 172 Å². The predicted molar refractivity (Wildman–Crippen MR) is 230 cm³/mol. The van der Waals surface area contributed by atoms with Crippen molar-refractivity contribution in [1.29, 1.82) is 0 Å². The molecule has 10 rings (SSSR count). The van der Waals surface area contributed by atoms with Gasteiger partial charge in [0.15, 0.2) is 0 Å². The zero-order valence-electron chi connectivity index (χ0n) is 26.5. The van der Waals surface area contributed by atoms with Crippen LogP contribution in [0.3, 0.4) is 0 Å². The van der Waals surface area contributed by atoms with Crippen LogP contribution in [-0.2, 0) is 0 Å². The van der Waals surface area contributed by atoms with Crippen molar-refractivity contribution >= 4 is 118 Å². The molecule has 0 spiro atoms. The standard InChI is InChI=1S/C40H24S10/c1-21-22(2)42-32(41-21)20-19-23-33(37-43-24-11-3-4-12-25(24)44-37)35(39-47-28-15-7-8-16-29(28)48-39)36(40-49-30-17-9-10-18-31(30)50-40)34(23)38-45-26-13-5-6-14-27(26)46-38/h3-20H,1-2H3. The van der Waals surface area contributed by atoms with E-state index in [0.29, 0.717) is 0 Å². The molecule has 0 aromatic heterocycles. The van der Waals surface area contributed by atoms with Gasteiger partial charge in [0.1, 0.15) is 0 Å². The summed E-state index contributed by atoms with van der Waals surface area (Å²) in [5, 5.41) is 0. The minimum atomic E-state index is 1.34. The van der Waals surface area contributed by atoms with Crippen LogP contribution >= 0.6 is 118 Å². The summed E-state index contributed by atoms with van der Waals surface area (Å²) in [6.07, 6.45) is 4.85. The average molecular weight is 825 g/mol. The van der Waals surface area contributed by atoms with Gasteiger partial charge in [-0.05, 0) is 83.8 Å². The highest BCUT2D eigenvalue weighted by Gasteiger charge is 2.43. The third kappa shape index (κ3) is 5.94. The van der Waals surface area contributed by atoms with E-state index in [2.05, 4.69) is 123 Å². The lowest BCUT2D eigenvalue weighted by Crippen LogP contribution is -1.90. The monoisotopic (exact) mass is 824 g/mol. The van der Waals surface area contributed by atoms with Crippen LogP contribution in [0.1, 0.15) is 13.8 Å². The molecule has 50 heavy (non-hydrogen) atoms. The number of hydrogen-bond acceptors (Lipinski definition) is 10. The fourth-order valence-corrected chi connectivity index (χ4v) is 18.8. The molecule has 244 valence electrons. The van der Waals surface area contributed by atoms with E-state index in [1.165, 1.54) is 98.0 Å². The first-order valence-electron chi connectivity index (χ1n) is 15.8. The lowest BCUT2D eigenvalue weighted by atomic mass is 10.1. The molecular weight excluding hydrogens is 801 g/mol. The Bertz CT molecular complexity index is 2140. The lowest BCUT2D eigenvalue weighted by molar-refractivity contribution is 1.27. The van der Waals surface area contributed by atoms with Gasteiger partial charge in [-0.15, -0.1) is 0 Å². The number of fused-ring (bicyclic) bond motifs is 4. The quantitative estimate of drug-likeness (QED) is 0.181. The Kier molecular flexibility index (Phi) is 9.12. The van der Waals surface area contributed by atoms with E-state index in [4.69, 9.17) is 0 Å². The maximum Gasteiger partial charge on any atom is 0.0585 e. The molecule has 5 heterocycles. The molecule has 10 heteroatoms. The minimum absolute atomic E-state index is 1.34. The van der Waals surface area contributed by atoms with Crippen molar-refractivity contribution in [3.05, 3.63) is 168 Å². The lowest BCUT2D eigenvalue weighted by Gasteiger charge is -2.12. The zero-order valence-corrected chi connectivity index (χ0v) is 34.6. The summed E-state index contributed by atoms with van der Waals surface area (Å²) in [7, 11) is 0. The van der Waals surface area contributed by atoms with Crippen LogP contribution in [0, 0.1) is 0 Å². The van der Waals surface area contributed by atoms with Crippen molar-refractivity contribution in [3.63, 3.8) is 0 Å². The van der Waals surface area contributed by atoms with E-state index >= 15 is 0 Å². The van der Waals surface area contributed by atoms with Gasteiger partial charge in [0, 0.05) is 65.7 Å². The Hall–Kier alpha value is -1.44. The fourth-order valence-electron chi connectivity index (χ4n) is 6.09. The van der Waals surface area contributed by atoms with Crippen LogP contribution < -0.4 is 0 Å². The summed E-state index contributed by atoms with van der Waals surface area (Å²) >= 11 is 19.4. The molecule has 6 aliphatic rings. The molecule has 0 unspecified atom stereocenters. The van der Waals surface area contributed by atoms with Crippen LogP contribution in [0.25, 0.3) is 0 Å². The average Bonchev–Trinajstić information content (AvgIpc) is 3.98. The number of allylic oxidation sites excluding steroid dienone is 9. The molecule has 0 saturated heterocycles. The van der Waals surface area contributed by atoms with Crippen LogP contribution in [0.4, 0.5) is 0 Å². The highest BCUT2D eigenvalue weighted by atomic mass is 32.2. The van der Waals surface area contributed by atoms with Crippen molar-refractivity contribution in [2.45, 2.75) is 53.0 Å². The molecule has 0 bridgehead atoms. The Labute approximate surface area is 335 Å². The second kappa shape index (κ2) is 13.8. The largest absolute Gasteiger partial charge is 0.0867 e. The first-order valence-corrected chi connectivity index (χ1v) is 24.0. The van der Waals surface area contributed by atoms with E-state index in [1.54, 1.807) is 0 Å². The van der Waals surface area contributed by atoms with Crippen LogP contribution in [0.5, 0.6) is 0 Å². The van der Waals surface area contributed by atoms with Gasteiger partial charge in [0.2, 0.25) is 0 Å². The SMILES string of the molecule is CC1=C(C)SC(=CC=C2C(=C3Sc4ccccc4S3)C(=C3Sc4ccccc4S3)C(=C3Sc4ccccc4S3)C2=C2Sc3ccccc3S2)S1. The second-order valence-electron chi connectivity index (χ2n) is 11.6.